The number of halogens is 1. The van der Waals surface area contributed by atoms with Gasteiger partial charge >= 0.3 is 0 Å². The zero-order valence-corrected chi connectivity index (χ0v) is 16.4. The fourth-order valence-corrected chi connectivity index (χ4v) is 2.40. The van der Waals surface area contributed by atoms with Crippen LogP contribution in [0.15, 0.2) is 65.0 Å². The number of aromatic hydroxyl groups is 1. The summed E-state index contributed by atoms with van der Waals surface area (Å²) in [7, 11) is 6.34. The molecule has 0 aliphatic rings. The van der Waals surface area contributed by atoms with Gasteiger partial charge in [0.15, 0.2) is 0 Å². The van der Waals surface area contributed by atoms with Crippen LogP contribution in [0.1, 0.15) is 0 Å². The minimum atomic E-state index is 0. The van der Waals surface area contributed by atoms with E-state index in [2.05, 4.69) is 36.4 Å². The van der Waals surface area contributed by atoms with Crippen molar-refractivity contribution >= 4 is 22.1 Å². The van der Waals surface area contributed by atoms with Gasteiger partial charge in [-0.1, -0.05) is 30.3 Å². The van der Waals surface area contributed by atoms with Gasteiger partial charge in [-0.25, -0.2) is 4.98 Å². The highest BCUT2D eigenvalue weighted by Gasteiger charge is 2.08. The predicted octanol–water partition coefficient (Wildman–Crippen LogP) is 1.44. The quantitative estimate of drug-likeness (QED) is 0.515. The van der Waals surface area contributed by atoms with Crippen molar-refractivity contribution in [2.75, 3.05) is 34.3 Å². The number of hydrogen-bond acceptors (Lipinski definition) is 5. The number of quaternary nitrogens is 1. The lowest BCUT2D eigenvalue weighted by molar-refractivity contribution is -0.870. The molecule has 1 heterocycles. The van der Waals surface area contributed by atoms with Crippen LogP contribution in [0, 0.1) is 0 Å². The van der Waals surface area contributed by atoms with Crippen molar-refractivity contribution in [1.82, 2.24) is 4.98 Å². The smallest absolute Gasteiger partial charge is 0.213 e. The first-order chi connectivity index (χ1) is 12.4. The predicted molar refractivity (Wildman–Crippen MR) is 102 cm³/mol. The fourth-order valence-electron chi connectivity index (χ4n) is 2.40. The number of phenols is 1. The Labute approximate surface area is 165 Å². The van der Waals surface area contributed by atoms with Crippen molar-refractivity contribution in [2.45, 2.75) is 0 Å². The Morgan fingerprint density at radius 2 is 1.78 bits per heavy atom. The lowest BCUT2D eigenvalue weighted by atomic mass is 10.1. The van der Waals surface area contributed by atoms with Crippen LogP contribution in [0.25, 0.3) is 10.8 Å². The molecule has 1 aromatic heterocycles. The molecule has 3 aromatic rings. The van der Waals surface area contributed by atoms with Gasteiger partial charge in [-0.3, -0.25) is 0 Å². The second-order valence-electron chi connectivity index (χ2n) is 7.07. The van der Waals surface area contributed by atoms with Crippen molar-refractivity contribution in [2.24, 2.45) is 10.2 Å². The lowest BCUT2D eigenvalue weighted by Gasteiger charge is -2.23. The number of nitrogens with zero attached hydrogens (tertiary/aromatic N) is 4. The summed E-state index contributed by atoms with van der Waals surface area (Å²) < 4.78 is 6.47. The van der Waals surface area contributed by atoms with E-state index in [1.807, 2.05) is 30.3 Å². The van der Waals surface area contributed by atoms with Crippen LogP contribution >= 0.6 is 0 Å². The van der Waals surface area contributed by atoms with Crippen molar-refractivity contribution in [3.8, 4) is 11.6 Å². The average molecular weight is 387 g/mol. The Morgan fingerprint density at radius 1 is 1.00 bits per heavy atom. The molecule has 0 fully saturated rings. The topological polar surface area (TPSA) is 67.1 Å². The van der Waals surface area contributed by atoms with Crippen LogP contribution in [0.2, 0.25) is 0 Å². The number of pyridine rings is 1. The zero-order valence-electron chi connectivity index (χ0n) is 15.6. The highest BCUT2D eigenvalue weighted by molar-refractivity contribution is 5.95. The normalized spacial score (nSPS) is 11.5. The fraction of sp³-hybridized carbons (Fsp3) is 0.250. The number of phenolic OH excluding ortho intramolecular Hbond substituents is 1. The van der Waals surface area contributed by atoms with Crippen LogP contribution in [0.4, 0.5) is 11.4 Å². The monoisotopic (exact) mass is 386 g/mol. The van der Waals surface area contributed by atoms with Crippen LogP contribution < -0.4 is 17.1 Å². The average Bonchev–Trinajstić information content (AvgIpc) is 2.61. The maximum atomic E-state index is 10.1. The van der Waals surface area contributed by atoms with Gasteiger partial charge in [0.2, 0.25) is 5.88 Å². The number of azo groups is 1. The maximum absolute atomic E-state index is 10.1. The molecule has 0 unspecified atom stereocenters. The summed E-state index contributed by atoms with van der Waals surface area (Å²) in [6.07, 6.45) is 1.60. The molecule has 0 atom stereocenters. The van der Waals surface area contributed by atoms with Gasteiger partial charge in [-0.15, -0.1) is 10.2 Å². The Morgan fingerprint density at radius 3 is 2.48 bits per heavy atom. The third-order valence-corrected chi connectivity index (χ3v) is 3.88. The van der Waals surface area contributed by atoms with E-state index in [9.17, 15) is 5.11 Å². The van der Waals surface area contributed by atoms with Gasteiger partial charge < -0.3 is 26.7 Å². The van der Waals surface area contributed by atoms with Crippen LogP contribution in [0.3, 0.4) is 0 Å². The van der Waals surface area contributed by atoms with E-state index in [4.69, 9.17) is 4.74 Å². The van der Waals surface area contributed by atoms with Crippen molar-refractivity contribution in [3.63, 3.8) is 0 Å². The summed E-state index contributed by atoms with van der Waals surface area (Å²) in [5, 5.41) is 20.4. The molecule has 0 saturated heterocycles. The maximum Gasteiger partial charge on any atom is 0.213 e. The highest BCUT2D eigenvalue weighted by Crippen LogP contribution is 2.35. The summed E-state index contributed by atoms with van der Waals surface area (Å²) >= 11 is 0. The Balaban J connectivity index is 0.00000261. The zero-order chi connectivity index (χ0) is 18.6. The summed E-state index contributed by atoms with van der Waals surface area (Å²) in [4.78, 5) is 4.25. The van der Waals surface area contributed by atoms with E-state index in [1.165, 1.54) is 0 Å². The Bertz CT molecular complexity index is 921. The van der Waals surface area contributed by atoms with Crippen LogP contribution in [-0.2, 0) is 0 Å². The third kappa shape index (κ3) is 5.64. The van der Waals surface area contributed by atoms with Gasteiger partial charge in [0.1, 0.15) is 30.3 Å². The first kappa shape index (κ1) is 20.6. The van der Waals surface area contributed by atoms with Gasteiger partial charge in [-0.05, 0) is 17.5 Å². The van der Waals surface area contributed by atoms with Gasteiger partial charge in [0.25, 0.3) is 0 Å². The molecule has 142 valence electrons. The van der Waals surface area contributed by atoms with Gasteiger partial charge in [-0.2, -0.15) is 0 Å². The second-order valence-corrected chi connectivity index (χ2v) is 7.07. The van der Waals surface area contributed by atoms with Crippen LogP contribution in [0.5, 0.6) is 11.6 Å². The Kier molecular flexibility index (Phi) is 6.71. The number of ether oxygens (including phenoxy) is 1. The molecular weight excluding hydrogens is 364 g/mol. The van der Waals surface area contributed by atoms with E-state index < -0.39 is 0 Å². The molecule has 0 amide bonds. The molecule has 2 aromatic carbocycles. The molecule has 27 heavy (non-hydrogen) atoms. The minimum Gasteiger partial charge on any atom is -1.00 e. The van der Waals surface area contributed by atoms with Crippen LogP contribution in [-0.4, -0.2) is 48.9 Å². The molecule has 7 heteroatoms. The molecule has 0 bridgehead atoms. The summed E-state index contributed by atoms with van der Waals surface area (Å²) in [5.74, 6) is 0.658. The minimum absolute atomic E-state index is 0. The second kappa shape index (κ2) is 8.79. The number of likely N-dealkylation sites (N-methyl/N-ethyl adjacent to an activating group) is 1. The molecule has 0 radical (unpaired) electrons. The molecule has 0 aliphatic carbocycles. The summed E-state index contributed by atoms with van der Waals surface area (Å²) in [6.45, 7) is 1.49. The number of benzene rings is 2. The summed E-state index contributed by atoms with van der Waals surface area (Å²) in [6, 6.07) is 14.8. The number of aromatic nitrogens is 1. The van der Waals surface area contributed by atoms with E-state index >= 15 is 0 Å². The SMILES string of the molecule is C[N+](C)(C)CCOc1ccc(/N=N/c2c(O)ccc3ccccc23)cn1.[Cl-]. The first-order valence-electron chi connectivity index (χ1n) is 8.44. The largest absolute Gasteiger partial charge is 1.00 e. The molecule has 6 nitrogen and oxygen atoms in total. The molecule has 1 N–H and O–H groups in total. The Hall–Kier alpha value is -2.70. The molecular formula is C20H23ClN4O2. The lowest BCUT2D eigenvalue weighted by Crippen LogP contribution is -3.00. The van der Waals surface area contributed by atoms with Crippen molar-refractivity contribution < 1.29 is 26.7 Å². The van der Waals surface area contributed by atoms with E-state index in [-0.39, 0.29) is 18.2 Å². The van der Waals surface area contributed by atoms with Gasteiger partial charge in [0.05, 0.1) is 27.3 Å². The standard InChI is InChI=1S/C20H22N4O2.ClH/c1-24(2,3)12-13-26-19-11-9-16(14-21-19)22-23-20-17-7-5-4-6-15(17)8-10-18(20)25;/h4-11,14H,12-13H2,1-3H3;1H. The van der Waals surface area contributed by atoms with Gasteiger partial charge in [0, 0.05) is 11.5 Å². The molecule has 3 rings (SSSR count). The number of fused-ring (bicyclic) bond motifs is 1. The van der Waals surface area contributed by atoms with Crippen molar-refractivity contribution in [3.05, 3.63) is 54.7 Å². The number of hydrogen-bond donors (Lipinski definition) is 1. The van der Waals surface area contributed by atoms with Crippen molar-refractivity contribution in [1.29, 1.82) is 0 Å². The van der Waals surface area contributed by atoms with E-state index in [0.29, 0.717) is 23.9 Å². The third-order valence-electron chi connectivity index (χ3n) is 3.88. The highest BCUT2D eigenvalue weighted by atomic mass is 35.5. The first-order valence-corrected chi connectivity index (χ1v) is 8.44. The molecule has 0 saturated carbocycles. The van der Waals surface area contributed by atoms with E-state index in [1.54, 1.807) is 24.4 Å². The molecule has 0 spiro atoms. The summed E-state index contributed by atoms with van der Waals surface area (Å²) in [5.41, 5.74) is 1.04. The molecule has 0 aliphatic heterocycles. The van der Waals surface area contributed by atoms with E-state index in [0.717, 1.165) is 21.8 Å². The number of rotatable bonds is 6.